The molecule has 0 fully saturated rings. The van der Waals surface area contributed by atoms with Crippen LogP contribution in [0.2, 0.25) is 0 Å². The maximum Gasteiger partial charge on any atom is 0.335 e. The largest absolute Gasteiger partial charge is 0.494 e. The molecule has 8 nitrogen and oxygen atoms in total. The number of fused-ring (bicyclic) bond motifs is 1. The minimum Gasteiger partial charge on any atom is -0.494 e. The molecule has 30 heavy (non-hydrogen) atoms. The fourth-order valence-corrected chi connectivity index (χ4v) is 3.19. The fourth-order valence-electron chi connectivity index (χ4n) is 3.19. The number of carboxylic acids is 1. The summed E-state index contributed by atoms with van der Waals surface area (Å²) in [5, 5.41) is 12.1. The molecule has 0 radical (unpaired) electrons. The SMILES string of the molecule is CCOc1ccc(NC(=O)C(C)N2C(=O)C(C)(C)Oc3ccc(C(=O)O)cc32)cc1. The second-order valence-corrected chi connectivity index (χ2v) is 7.40. The lowest BCUT2D eigenvalue weighted by Gasteiger charge is -2.41. The Labute approximate surface area is 174 Å². The van der Waals surface area contributed by atoms with E-state index in [1.165, 1.54) is 23.1 Å². The summed E-state index contributed by atoms with van der Waals surface area (Å²) in [5.41, 5.74) is -0.414. The molecule has 1 heterocycles. The second-order valence-electron chi connectivity index (χ2n) is 7.40. The number of anilines is 2. The lowest BCUT2D eigenvalue weighted by Crippen LogP contribution is -2.58. The van der Waals surface area contributed by atoms with Crippen molar-refractivity contribution in [3.05, 3.63) is 48.0 Å². The van der Waals surface area contributed by atoms with Gasteiger partial charge in [-0.3, -0.25) is 14.5 Å². The van der Waals surface area contributed by atoms with E-state index in [9.17, 15) is 19.5 Å². The third-order valence-electron chi connectivity index (χ3n) is 4.76. The van der Waals surface area contributed by atoms with Crippen LogP contribution in [0.15, 0.2) is 42.5 Å². The van der Waals surface area contributed by atoms with Gasteiger partial charge in [-0.05, 0) is 70.2 Å². The van der Waals surface area contributed by atoms with Crippen molar-refractivity contribution in [1.82, 2.24) is 0 Å². The number of hydrogen-bond donors (Lipinski definition) is 2. The summed E-state index contributed by atoms with van der Waals surface area (Å²) in [5.74, 6) is -0.973. The molecule has 2 aromatic rings. The average Bonchev–Trinajstić information content (AvgIpc) is 2.69. The van der Waals surface area contributed by atoms with Crippen LogP contribution in [-0.4, -0.2) is 41.1 Å². The molecule has 0 bridgehead atoms. The third-order valence-corrected chi connectivity index (χ3v) is 4.76. The minimum absolute atomic E-state index is 0.00558. The van der Waals surface area contributed by atoms with Gasteiger partial charge in [-0.1, -0.05) is 0 Å². The molecule has 1 atom stereocenters. The van der Waals surface area contributed by atoms with Gasteiger partial charge in [0, 0.05) is 5.69 Å². The first-order valence-corrected chi connectivity index (χ1v) is 9.57. The topological polar surface area (TPSA) is 105 Å². The summed E-state index contributed by atoms with van der Waals surface area (Å²) < 4.78 is 11.1. The van der Waals surface area contributed by atoms with E-state index in [2.05, 4.69) is 5.32 Å². The van der Waals surface area contributed by atoms with Gasteiger partial charge < -0.3 is 19.9 Å². The minimum atomic E-state index is -1.20. The Kier molecular flexibility index (Phi) is 5.69. The van der Waals surface area contributed by atoms with Gasteiger partial charge in [0.1, 0.15) is 17.5 Å². The molecule has 0 aromatic heterocycles. The Morgan fingerprint density at radius 3 is 2.47 bits per heavy atom. The zero-order valence-corrected chi connectivity index (χ0v) is 17.3. The maximum absolute atomic E-state index is 13.1. The Hall–Kier alpha value is -3.55. The van der Waals surface area contributed by atoms with Crippen molar-refractivity contribution in [2.45, 2.75) is 39.3 Å². The number of nitrogens with one attached hydrogen (secondary N) is 1. The number of carbonyl (C=O) groups excluding carboxylic acids is 2. The Balaban J connectivity index is 1.90. The Morgan fingerprint density at radius 2 is 1.87 bits per heavy atom. The fraction of sp³-hybridized carbons (Fsp3) is 0.318. The first-order valence-electron chi connectivity index (χ1n) is 9.57. The first kappa shape index (κ1) is 21.2. The summed E-state index contributed by atoms with van der Waals surface area (Å²) >= 11 is 0. The zero-order chi connectivity index (χ0) is 22.1. The molecule has 3 rings (SSSR count). The van der Waals surface area contributed by atoms with Crippen LogP contribution in [0.5, 0.6) is 11.5 Å². The van der Waals surface area contributed by atoms with Crippen LogP contribution in [-0.2, 0) is 9.59 Å². The highest BCUT2D eigenvalue weighted by Gasteiger charge is 2.44. The predicted octanol–water partition coefficient (Wildman–Crippen LogP) is 3.31. The molecule has 0 aliphatic carbocycles. The molecule has 2 aromatic carbocycles. The number of benzene rings is 2. The number of hydrogen-bond acceptors (Lipinski definition) is 5. The summed E-state index contributed by atoms with van der Waals surface area (Å²) in [6.07, 6.45) is 0. The van der Waals surface area contributed by atoms with E-state index >= 15 is 0 Å². The number of rotatable bonds is 6. The van der Waals surface area contributed by atoms with Gasteiger partial charge in [-0.15, -0.1) is 0 Å². The molecule has 2 amide bonds. The molecule has 2 N–H and O–H groups in total. The van der Waals surface area contributed by atoms with E-state index in [0.29, 0.717) is 23.8 Å². The molecule has 8 heteroatoms. The molecule has 0 saturated heterocycles. The summed E-state index contributed by atoms with van der Waals surface area (Å²) in [6.45, 7) is 7.21. The molecule has 1 aliphatic heterocycles. The lowest BCUT2D eigenvalue weighted by molar-refractivity contribution is -0.134. The Bertz CT molecular complexity index is 984. The van der Waals surface area contributed by atoms with Crippen molar-refractivity contribution in [3.63, 3.8) is 0 Å². The van der Waals surface area contributed by atoms with Gasteiger partial charge in [0.15, 0.2) is 5.60 Å². The van der Waals surface area contributed by atoms with E-state index in [4.69, 9.17) is 9.47 Å². The van der Waals surface area contributed by atoms with Gasteiger partial charge in [-0.2, -0.15) is 0 Å². The van der Waals surface area contributed by atoms with Crippen molar-refractivity contribution in [2.75, 3.05) is 16.8 Å². The van der Waals surface area contributed by atoms with E-state index in [-0.39, 0.29) is 11.3 Å². The van der Waals surface area contributed by atoms with Crippen LogP contribution in [0.3, 0.4) is 0 Å². The standard InChI is InChI=1S/C22H24N2O6/c1-5-29-16-9-7-15(8-10-16)23-19(25)13(2)24-17-12-14(20(26)27)6-11-18(17)30-22(3,4)21(24)28/h6-13H,5H2,1-4H3,(H,23,25)(H,26,27). The van der Waals surface area contributed by atoms with Crippen LogP contribution >= 0.6 is 0 Å². The summed E-state index contributed by atoms with van der Waals surface area (Å²) in [7, 11) is 0. The predicted molar refractivity (Wildman–Crippen MR) is 111 cm³/mol. The van der Waals surface area contributed by atoms with Crippen molar-refractivity contribution >= 4 is 29.2 Å². The summed E-state index contributed by atoms with van der Waals surface area (Å²) in [4.78, 5) is 38.7. The Morgan fingerprint density at radius 1 is 1.20 bits per heavy atom. The van der Waals surface area contributed by atoms with Crippen LogP contribution in [0.4, 0.5) is 11.4 Å². The molecule has 1 aliphatic rings. The van der Waals surface area contributed by atoms with E-state index in [0.717, 1.165) is 0 Å². The highest BCUT2D eigenvalue weighted by atomic mass is 16.5. The van der Waals surface area contributed by atoms with E-state index in [1.807, 2.05) is 6.92 Å². The maximum atomic E-state index is 13.1. The number of nitrogens with zero attached hydrogens (tertiary/aromatic N) is 1. The molecule has 0 saturated carbocycles. The second kappa shape index (κ2) is 8.06. The van der Waals surface area contributed by atoms with Gasteiger partial charge >= 0.3 is 5.97 Å². The monoisotopic (exact) mass is 412 g/mol. The first-order chi connectivity index (χ1) is 14.1. The van der Waals surface area contributed by atoms with Crippen LogP contribution in [0, 0.1) is 0 Å². The van der Waals surface area contributed by atoms with E-state index < -0.39 is 29.4 Å². The number of amides is 2. The summed E-state index contributed by atoms with van der Waals surface area (Å²) in [6, 6.07) is 10.2. The smallest absolute Gasteiger partial charge is 0.335 e. The molecular weight excluding hydrogens is 388 g/mol. The molecular formula is C22H24N2O6. The zero-order valence-electron chi connectivity index (χ0n) is 17.3. The van der Waals surface area contributed by atoms with Crippen molar-refractivity contribution in [2.24, 2.45) is 0 Å². The van der Waals surface area contributed by atoms with Crippen molar-refractivity contribution < 1.29 is 29.0 Å². The van der Waals surface area contributed by atoms with Crippen LogP contribution in [0.25, 0.3) is 0 Å². The third kappa shape index (κ3) is 4.07. The van der Waals surface area contributed by atoms with E-state index in [1.54, 1.807) is 45.0 Å². The van der Waals surface area contributed by atoms with Crippen LogP contribution < -0.4 is 19.7 Å². The van der Waals surface area contributed by atoms with Crippen molar-refractivity contribution in [3.8, 4) is 11.5 Å². The normalized spacial score (nSPS) is 15.6. The van der Waals surface area contributed by atoms with Gasteiger partial charge in [0.2, 0.25) is 5.91 Å². The van der Waals surface area contributed by atoms with Gasteiger partial charge in [0.25, 0.3) is 5.91 Å². The van der Waals surface area contributed by atoms with Gasteiger partial charge in [-0.25, -0.2) is 4.79 Å². The lowest BCUT2D eigenvalue weighted by atomic mass is 10.0. The highest BCUT2D eigenvalue weighted by Crippen LogP contribution is 2.39. The molecule has 0 spiro atoms. The highest BCUT2D eigenvalue weighted by molar-refractivity contribution is 6.10. The molecule has 158 valence electrons. The van der Waals surface area contributed by atoms with Crippen molar-refractivity contribution in [1.29, 1.82) is 0 Å². The van der Waals surface area contributed by atoms with Crippen LogP contribution in [0.1, 0.15) is 38.1 Å². The number of carbonyl (C=O) groups is 3. The average molecular weight is 412 g/mol. The quantitative estimate of drug-likeness (QED) is 0.754. The molecule has 1 unspecified atom stereocenters. The van der Waals surface area contributed by atoms with Gasteiger partial charge in [0.05, 0.1) is 17.9 Å². The number of ether oxygens (including phenoxy) is 2. The number of carboxylic acid groups (broad SMARTS) is 1. The number of aromatic carboxylic acids is 1.